The van der Waals surface area contributed by atoms with Gasteiger partial charge in [0, 0.05) is 37.0 Å². The van der Waals surface area contributed by atoms with Crippen molar-refractivity contribution >= 4 is 15.7 Å². The highest BCUT2D eigenvalue weighted by Crippen LogP contribution is 2.24. The molecule has 0 spiro atoms. The summed E-state index contributed by atoms with van der Waals surface area (Å²) in [4.78, 5) is 15.0. The Bertz CT molecular complexity index is 864. The minimum Gasteiger partial charge on any atom is -0.348 e. The summed E-state index contributed by atoms with van der Waals surface area (Å²) in [6, 6.07) is 16.8. The maximum absolute atomic E-state index is 12.4. The third-order valence-corrected chi connectivity index (χ3v) is 6.06. The van der Waals surface area contributed by atoms with Crippen molar-refractivity contribution in [1.29, 1.82) is 0 Å². The molecule has 0 aromatic heterocycles. The smallest absolute Gasteiger partial charge is 0.251 e. The summed E-state index contributed by atoms with van der Waals surface area (Å²) in [7, 11) is -3.25. The van der Waals surface area contributed by atoms with Gasteiger partial charge in [0.2, 0.25) is 0 Å². The highest BCUT2D eigenvalue weighted by Gasteiger charge is 2.28. The number of benzene rings is 2. The number of rotatable bonds is 5. The van der Waals surface area contributed by atoms with E-state index in [1.165, 1.54) is 17.7 Å². The maximum atomic E-state index is 12.4. The van der Waals surface area contributed by atoms with Gasteiger partial charge in [0.25, 0.3) is 5.91 Å². The molecule has 1 saturated heterocycles. The van der Waals surface area contributed by atoms with E-state index in [1.807, 2.05) is 18.2 Å². The van der Waals surface area contributed by atoms with Crippen LogP contribution in [0.2, 0.25) is 0 Å². The largest absolute Gasteiger partial charge is 0.348 e. The van der Waals surface area contributed by atoms with Crippen molar-refractivity contribution in [3.05, 3.63) is 65.7 Å². The second kappa shape index (κ2) is 7.60. The van der Waals surface area contributed by atoms with Gasteiger partial charge in [-0.3, -0.25) is 9.69 Å². The predicted molar refractivity (Wildman–Crippen MR) is 102 cm³/mol. The lowest BCUT2D eigenvalue weighted by Gasteiger charge is -2.24. The van der Waals surface area contributed by atoms with Crippen LogP contribution in [-0.2, 0) is 9.84 Å². The van der Waals surface area contributed by atoms with E-state index < -0.39 is 9.84 Å². The number of nitrogens with zero attached hydrogens (tertiary/aromatic N) is 1. The quantitative estimate of drug-likeness (QED) is 0.876. The van der Waals surface area contributed by atoms with E-state index in [0.717, 1.165) is 25.8 Å². The first-order chi connectivity index (χ1) is 12.3. The van der Waals surface area contributed by atoms with Gasteiger partial charge < -0.3 is 5.32 Å². The molecule has 2 aromatic rings. The average molecular weight is 372 g/mol. The summed E-state index contributed by atoms with van der Waals surface area (Å²) >= 11 is 0. The van der Waals surface area contributed by atoms with Gasteiger partial charge in [0.15, 0.2) is 9.84 Å². The van der Waals surface area contributed by atoms with Crippen LogP contribution in [-0.4, -0.2) is 44.6 Å². The van der Waals surface area contributed by atoms with Crippen molar-refractivity contribution in [2.24, 2.45) is 0 Å². The molecule has 5 nitrogen and oxygen atoms in total. The molecule has 26 heavy (non-hydrogen) atoms. The van der Waals surface area contributed by atoms with Gasteiger partial charge in [-0.05, 0) is 43.2 Å². The number of hydrogen-bond acceptors (Lipinski definition) is 4. The molecule has 0 radical (unpaired) electrons. The van der Waals surface area contributed by atoms with E-state index in [2.05, 4.69) is 29.3 Å². The molecule has 1 aliphatic rings. The van der Waals surface area contributed by atoms with Crippen LogP contribution in [0, 0.1) is 0 Å². The molecule has 138 valence electrons. The highest BCUT2D eigenvalue weighted by molar-refractivity contribution is 7.90. The number of amides is 1. The van der Waals surface area contributed by atoms with Gasteiger partial charge >= 0.3 is 0 Å². The lowest BCUT2D eigenvalue weighted by molar-refractivity contribution is 0.0936. The topological polar surface area (TPSA) is 66.5 Å². The zero-order valence-corrected chi connectivity index (χ0v) is 15.9. The Hall–Kier alpha value is -2.18. The first-order valence-corrected chi connectivity index (χ1v) is 10.6. The molecule has 2 aromatic carbocycles. The molecule has 1 N–H and O–H groups in total. The minimum atomic E-state index is -3.25. The van der Waals surface area contributed by atoms with Crippen LogP contribution in [0.25, 0.3) is 0 Å². The number of hydrogen-bond donors (Lipinski definition) is 1. The second-order valence-corrected chi connectivity index (χ2v) is 8.85. The van der Waals surface area contributed by atoms with Crippen LogP contribution < -0.4 is 5.32 Å². The SMILES string of the molecule is CC(c1ccccc1)N1CCC(NC(=O)c2ccc(S(C)(=O)=O)cc2)C1. The van der Waals surface area contributed by atoms with E-state index >= 15 is 0 Å². The van der Waals surface area contributed by atoms with Gasteiger partial charge in [-0.2, -0.15) is 0 Å². The summed E-state index contributed by atoms with van der Waals surface area (Å²) in [5, 5.41) is 3.06. The molecular formula is C20H24N2O3S. The summed E-state index contributed by atoms with van der Waals surface area (Å²) in [5.41, 5.74) is 1.75. The molecule has 1 fully saturated rings. The van der Waals surface area contributed by atoms with Gasteiger partial charge in [-0.15, -0.1) is 0 Å². The Balaban J connectivity index is 1.59. The Labute approximate surface area is 154 Å². The Morgan fingerprint density at radius 3 is 2.38 bits per heavy atom. The van der Waals surface area contributed by atoms with E-state index in [9.17, 15) is 13.2 Å². The van der Waals surface area contributed by atoms with Crippen LogP contribution in [0.15, 0.2) is 59.5 Å². The van der Waals surface area contributed by atoms with Crippen molar-refractivity contribution in [3.8, 4) is 0 Å². The maximum Gasteiger partial charge on any atom is 0.251 e. The van der Waals surface area contributed by atoms with Gasteiger partial charge in [0.05, 0.1) is 4.90 Å². The zero-order valence-electron chi connectivity index (χ0n) is 15.1. The molecule has 1 heterocycles. The average Bonchev–Trinajstić information content (AvgIpc) is 3.09. The fourth-order valence-electron chi connectivity index (χ4n) is 3.32. The van der Waals surface area contributed by atoms with Crippen molar-refractivity contribution in [2.45, 2.75) is 30.3 Å². The van der Waals surface area contributed by atoms with Crippen LogP contribution in [0.5, 0.6) is 0 Å². The molecule has 0 aliphatic carbocycles. The first kappa shape index (κ1) is 18.6. The Morgan fingerprint density at radius 2 is 1.77 bits per heavy atom. The zero-order chi connectivity index (χ0) is 18.7. The second-order valence-electron chi connectivity index (χ2n) is 6.84. The molecule has 1 amide bonds. The highest BCUT2D eigenvalue weighted by atomic mass is 32.2. The third-order valence-electron chi connectivity index (χ3n) is 4.93. The molecule has 3 rings (SSSR count). The summed E-state index contributed by atoms with van der Waals surface area (Å²) in [6.45, 7) is 3.93. The van der Waals surface area contributed by atoms with Crippen molar-refractivity contribution in [2.75, 3.05) is 19.3 Å². The van der Waals surface area contributed by atoms with E-state index in [4.69, 9.17) is 0 Å². The van der Waals surface area contributed by atoms with Crippen molar-refractivity contribution in [3.63, 3.8) is 0 Å². The van der Waals surface area contributed by atoms with Gasteiger partial charge in [0.1, 0.15) is 0 Å². The number of carbonyl (C=O) groups excluding carboxylic acids is 1. The minimum absolute atomic E-state index is 0.100. The lowest BCUT2D eigenvalue weighted by Crippen LogP contribution is -2.37. The molecular weight excluding hydrogens is 348 g/mol. The molecule has 2 unspecified atom stereocenters. The van der Waals surface area contributed by atoms with Crippen LogP contribution >= 0.6 is 0 Å². The number of sulfone groups is 1. The Kier molecular flexibility index (Phi) is 5.44. The summed E-state index contributed by atoms with van der Waals surface area (Å²) in [5.74, 6) is -0.163. The van der Waals surface area contributed by atoms with Gasteiger partial charge in [-0.25, -0.2) is 8.42 Å². The molecule has 0 saturated carbocycles. The van der Waals surface area contributed by atoms with Crippen LogP contribution in [0.4, 0.5) is 0 Å². The monoisotopic (exact) mass is 372 g/mol. The van der Waals surface area contributed by atoms with Crippen molar-refractivity contribution in [1.82, 2.24) is 10.2 Å². The van der Waals surface area contributed by atoms with E-state index in [-0.39, 0.29) is 16.8 Å². The lowest BCUT2D eigenvalue weighted by atomic mass is 10.1. The van der Waals surface area contributed by atoms with Gasteiger partial charge in [-0.1, -0.05) is 30.3 Å². The fourth-order valence-corrected chi connectivity index (χ4v) is 3.95. The molecule has 1 aliphatic heterocycles. The van der Waals surface area contributed by atoms with Crippen LogP contribution in [0.3, 0.4) is 0 Å². The Morgan fingerprint density at radius 1 is 1.12 bits per heavy atom. The fraction of sp³-hybridized carbons (Fsp3) is 0.350. The molecule has 0 bridgehead atoms. The number of nitrogens with one attached hydrogen (secondary N) is 1. The van der Waals surface area contributed by atoms with E-state index in [0.29, 0.717) is 11.6 Å². The molecule has 6 heteroatoms. The van der Waals surface area contributed by atoms with E-state index in [1.54, 1.807) is 12.1 Å². The van der Waals surface area contributed by atoms with Crippen molar-refractivity contribution < 1.29 is 13.2 Å². The van der Waals surface area contributed by atoms with Crippen LogP contribution in [0.1, 0.15) is 35.3 Å². The third kappa shape index (κ3) is 4.31. The summed E-state index contributed by atoms with van der Waals surface area (Å²) < 4.78 is 23.0. The molecule has 2 atom stereocenters. The normalized spacial score (nSPS) is 19.2. The standard InChI is InChI=1S/C20H24N2O3S/c1-15(16-6-4-3-5-7-16)22-13-12-18(14-22)21-20(23)17-8-10-19(11-9-17)26(2,24)25/h3-11,15,18H,12-14H2,1-2H3,(H,21,23). The predicted octanol–water partition coefficient (Wildman–Crippen LogP) is 2.66. The summed E-state index contributed by atoms with van der Waals surface area (Å²) in [6.07, 6.45) is 2.06. The first-order valence-electron chi connectivity index (χ1n) is 8.74. The number of likely N-dealkylation sites (tertiary alicyclic amines) is 1. The number of carbonyl (C=O) groups is 1.